The molecule has 0 heterocycles. The number of thiocarbonyl (C=S) groups is 1. The van der Waals surface area contributed by atoms with E-state index in [9.17, 15) is 17.2 Å². The average Bonchev–Trinajstić information content (AvgIpc) is 2.54. The number of hydrogen-bond acceptors (Lipinski definition) is 4. The Bertz CT molecular complexity index is 945. The van der Waals surface area contributed by atoms with Crippen LogP contribution in [0.3, 0.4) is 0 Å². The van der Waals surface area contributed by atoms with E-state index < -0.39 is 21.7 Å². The highest BCUT2D eigenvalue weighted by Gasteiger charge is 2.06. The van der Waals surface area contributed by atoms with Gasteiger partial charge in [0.15, 0.2) is 5.11 Å². The molecule has 0 saturated carbocycles. The van der Waals surface area contributed by atoms with Crippen LogP contribution in [0.1, 0.15) is 12.5 Å². The molecule has 0 atom stereocenters. The van der Waals surface area contributed by atoms with E-state index in [0.717, 1.165) is 24.0 Å². The second-order valence-electron chi connectivity index (χ2n) is 5.34. The van der Waals surface area contributed by atoms with Crippen molar-refractivity contribution in [2.24, 2.45) is 5.10 Å². The third kappa shape index (κ3) is 6.05. The summed E-state index contributed by atoms with van der Waals surface area (Å²) < 4.78 is 51.1. The summed E-state index contributed by atoms with van der Waals surface area (Å²) in [4.78, 5) is 0. The molecule has 0 unspecified atom stereocenters. The van der Waals surface area contributed by atoms with Gasteiger partial charge in [0, 0.05) is 11.8 Å². The van der Waals surface area contributed by atoms with Gasteiger partial charge >= 0.3 is 0 Å². The summed E-state index contributed by atoms with van der Waals surface area (Å²) in [6, 6.07) is 9.64. The Labute approximate surface area is 155 Å². The van der Waals surface area contributed by atoms with Gasteiger partial charge in [0.25, 0.3) is 0 Å². The Morgan fingerprint density at radius 1 is 1.12 bits per heavy atom. The predicted molar refractivity (Wildman–Crippen MR) is 103 cm³/mol. The van der Waals surface area contributed by atoms with E-state index in [1.54, 1.807) is 31.2 Å². The topological polar surface area (TPSA) is 82.6 Å². The Morgan fingerprint density at radius 3 is 2.35 bits per heavy atom. The zero-order valence-corrected chi connectivity index (χ0v) is 15.5. The normalized spacial score (nSPS) is 11.8. The lowest BCUT2D eigenvalue weighted by Gasteiger charge is -2.09. The van der Waals surface area contributed by atoms with Crippen molar-refractivity contribution in [3.05, 3.63) is 59.7 Å². The number of halogens is 2. The second-order valence-corrected chi connectivity index (χ2v) is 7.50. The first-order chi connectivity index (χ1) is 12.1. The molecule has 0 radical (unpaired) electrons. The molecule has 10 heteroatoms. The average molecular weight is 398 g/mol. The molecule has 2 rings (SSSR count). The van der Waals surface area contributed by atoms with E-state index in [1.807, 2.05) is 0 Å². The number of hydrogen-bond donors (Lipinski definition) is 3. The summed E-state index contributed by atoms with van der Waals surface area (Å²) in [6.07, 6.45) is 1.06. The predicted octanol–water partition coefficient (Wildman–Crippen LogP) is 3.05. The van der Waals surface area contributed by atoms with Crippen molar-refractivity contribution in [1.82, 2.24) is 5.43 Å². The molecule has 0 aliphatic heterocycles. The lowest BCUT2D eigenvalue weighted by atomic mass is 10.1. The summed E-state index contributed by atoms with van der Waals surface area (Å²) in [7, 11) is -3.34. The lowest BCUT2D eigenvalue weighted by Crippen LogP contribution is -2.25. The first kappa shape index (κ1) is 19.7. The van der Waals surface area contributed by atoms with Gasteiger partial charge in [-0.1, -0.05) is 12.1 Å². The SMILES string of the molecule is C/C(=N\NC(=S)Nc1ccc(F)cc1F)c1ccc(NS(C)(=O)=O)cc1. The molecule has 0 spiro atoms. The summed E-state index contributed by atoms with van der Waals surface area (Å²) in [6.45, 7) is 1.72. The molecule has 2 aromatic carbocycles. The van der Waals surface area contributed by atoms with Gasteiger partial charge in [-0.25, -0.2) is 17.2 Å². The summed E-state index contributed by atoms with van der Waals surface area (Å²) in [5, 5.41) is 6.68. The van der Waals surface area contributed by atoms with Crippen molar-refractivity contribution in [2.45, 2.75) is 6.92 Å². The summed E-state index contributed by atoms with van der Waals surface area (Å²) >= 11 is 5.01. The van der Waals surface area contributed by atoms with Crippen molar-refractivity contribution in [3.8, 4) is 0 Å². The molecular formula is C16H16F2N4O2S2. The van der Waals surface area contributed by atoms with Gasteiger partial charge in [-0.3, -0.25) is 10.1 Å². The molecule has 6 nitrogen and oxygen atoms in total. The minimum absolute atomic E-state index is 0.0213. The number of hydrazone groups is 1. The van der Waals surface area contributed by atoms with E-state index in [1.165, 1.54) is 6.07 Å². The van der Waals surface area contributed by atoms with E-state index in [4.69, 9.17) is 12.2 Å². The van der Waals surface area contributed by atoms with Gasteiger partial charge in [-0.2, -0.15) is 5.10 Å². The zero-order valence-electron chi connectivity index (χ0n) is 13.9. The quantitative estimate of drug-likeness (QED) is 0.410. The van der Waals surface area contributed by atoms with Gasteiger partial charge in [0.05, 0.1) is 17.7 Å². The van der Waals surface area contributed by atoms with Crippen LogP contribution >= 0.6 is 12.2 Å². The Hall–Kier alpha value is -2.59. The molecule has 0 aromatic heterocycles. The van der Waals surface area contributed by atoms with Gasteiger partial charge < -0.3 is 5.32 Å². The van der Waals surface area contributed by atoms with Crippen LogP contribution in [0.5, 0.6) is 0 Å². The molecule has 0 aliphatic rings. The van der Waals surface area contributed by atoms with E-state index >= 15 is 0 Å². The highest BCUT2D eigenvalue weighted by atomic mass is 32.2. The Morgan fingerprint density at radius 2 is 1.77 bits per heavy atom. The summed E-state index contributed by atoms with van der Waals surface area (Å²) in [5.74, 6) is -1.46. The maximum absolute atomic E-state index is 13.6. The van der Waals surface area contributed by atoms with Gasteiger partial charge in [-0.05, 0) is 49.0 Å². The monoisotopic (exact) mass is 398 g/mol. The lowest BCUT2D eigenvalue weighted by molar-refractivity contribution is 0.586. The van der Waals surface area contributed by atoms with E-state index in [0.29, 0.717) is 11.4 Å². The maximum Gasteiger partial charge on any atom is 0.229 e. The molecule has 0 aliphatic carbocycles. The van der Waals surface area contributed by atoms with Crippen molar-refractivity contribution < 1.29 is 17.2 Å². The van der Waals surface area contributed by atoms with Crippen molar-refractivity contribution in [3.63, 3.8) is 0 Å². The van der Waals surface area contributed by atoms with Crippen molar-refractivity contribution in [1.29, 1.82) is 0 Å². The van der Waals surface area contributed by atoms with Crippen LogP contribution in [0.25, 0.3) is 0 Å². The second kappa shape index (κ2) is 8.19. The fourth-order valence-electron chi connectivity index (χ4n) is 1.93. The molecule has 26 heavy (non-hydrogen) atoms. The molecule has 3 N–H and O–H groups in total. The molecule has 0 bridgehead atoms. The molecule has 0 amide bonds. The molecule has 2 aromatic rings. The molecular weight excluding hydrogens is 382 g/mol. The molecule has 0 fully saturated rings. The number of sulfonamides is 1. The minimum Gasteiger partial charge on any atom is -0.329 e. The minimum atomic E-state index is -3.34. The largest absolute Gasteiger partial charge is 0.329 e. The van der Waals surface area contributed by atoms with Crippen molar-refractivity contribution >= 4 is 44.4 Å². The standard InChI is InChI=1S/C16H16F2N4O2S2/c1-10(11-3-6-13(7-4-11)22-26(2,23)24)20-21-16(25)19-15-8-5-12(17)9-14(15)18/h3-9,22H,1-2H3,(H2,19,21,25)/b20-10+. The third-order valence-electron chi connectivity index (χ3n) is 3.11. The molecule has 0 saturated heterocycles. The van der Waals surface area contributed by atoms with Crippen molar-refractivity contribution in [2.75, 3.05) is 16.3 Å². The van der Waals surface area contributed by atoms with Gasteiger partial charge in [0.1, 0.15) is 11.6 Å². The van der Waals surface area contributed by atoms with Crippen LogP contribution < -0.4 is 15.5 Å². The van der Waals surface area contributed by atoms with Crippen LogP contribution in [0.2, 0.25) is 0 Å². The smallest absolute Gasteiger partial charge is 0.229 e. The summed E-state index contributed by atoms with van der Waals surface area (Å²) in [5.41, 5.74) is 4.31. The highest BCUT2D eigenvalue weighted by molar-refractivity contribution is 7.92. The fourth-order valence-corrected chi connectivity index (χ4v) is 2.65. The third-order valence-corrected chi connectivity index (χ3v) is 3.91. The molecule has 138 valence electrons. The maximum atomic E-state index is 13.6. The fraction of sp³-hybridized carbons (Fsp3) is 0.125. The first-order valence-electron chi connectivity index (χ1n) is 7.28. The number of nitrogens with zero attached hydrogens (tertiary/aromatic N) is 1. The zero-order chi connectivity index (χ0) is 19.3. The van der Waals surface area contributed by atoms with Crippen LogP contribution in [0.15, 0.2) is 47.6 Å². The number of rotatable bonds is 5. The highest BCUT2D eigenvalue weighted by Crippen LogP contribution is 2.15. The first-order valence-corrected chi connectivity index (χ1v) is 9.58. The van der Waals surface area contributed by atoms with Gasteiger partial charge in [0.2, 0.25) is 10.0 Å². The Balaban J connectivity index is 1.99. The van der Waals surface area contributed by atoms with Gasteiger partial charge in [-0.15, -0.1) is 0 Å². The van der Waals surface area contributed by atoms with Crippen LogP contribution in [0, 0.1) is 11.6 Å². The van der Waals surface area contributed by atoms with Crippen LogP contribution in [-0.2, 0) is 10.0 Å². The van der Waals surface area contributed by atoms with E-state index in [2.05, 4.69) is 20.6 Å². The van der Waals surface area contributed by atoms with E-state index in [-0.39, 0.29) is 10.8 Å². The van der Waals surface area contributed by atoms with Crippen LogP contribution in [0.4, 0.5) is 20.2 Å². The number of nitrogens with one attached hydrogen (secondary N) is 3. The Kier molecular flexibility index (Phi) is 6.22. The number of benzene rings is 2. The number of anilines is 2. The van der Waals surface area contributed by atoms with Crippen LogP contribution in [-0.4, -0.2) is 25.5 Å².